The largest absolute Gasteiger partial charge is 0.493 e. The van der Waals surface area contributed by atoms with E-state index in [9.17, 15) is 28.1 Å². The number of hydrogen-bond acceptors (Lipinski definition) is 7. The number of hydrogen-bond donors (Lipinski definition) is 2. The minimum Gasteiger partial charge on any atom is -0.493 e. The number of likely N-dealkylation sites (tertiary alicyclic amines) is 1. The van der Waals surface area contributed by atoms with Crippen LogP contribution in [0.15, 0.2) is 24.3 Å². The monoisotopic (exact) mass is 458 g/mol. The molecule has 2 aliphatic rings. The van der Waals surface area contributed by atoms with Crippen molar-refractivity contribution in [3.05, 3.63) is 34.4 Å². The van der Waals surface area contributed by atoms with Gasteiger partial charge in [0, 0.05) is 18.7 Å². The third-order valence-corrected chi connectivity index (χ3v) is 5.16. The predicted molar refractivity (Wildman–Crippen MR) is 102 cm³/mol. The number of alkyl halides is 3. The highest BCUT2D eigenvalue weighted by atomic mass is 19.4. The van der Waals surface area contributed by atoms with Crippen molar-refractivity contribution in [3.63, 3.8) is 0 Å². The van der Waals surface area contributed by atoms with Gasteiger partial charge in [0.2, 0.25) is 5.91 Å². The molecule has 1 aromatic carbocycles. The maximum absolute atomic E-state index is 12.5. The van der Waals surface area contributed by atoms with Crippen molar-refractivity contribution in [2.45, 2.75) is 37.5 Å². The summed E-state index contributed by atoms with van der Waals surface area (Å²) in [7, 11) is 0. The molecule has 3 rings (SSSR count). The zero-order chi connectivity index (χ0) is 24.1. The Hall–Kier alpha value is -3.40. The van der Waals surface area contributed by atoms with Crippen LogP contribution in [0.2, 0.25) is 0 Å². The van der Waals surface area contributed by atoms with Gasteiger partial charge in [0.15, 0.2) is 0 Å². The molecule has 0 aromatic heterocycles. The fourth-order valence-electron chi connectivity index (χ4n) is 3.31. The van der Waals surface area contributed by atoms with Crippen molar-refractivity contribution in [2.75, 3.05) is 13.2 Å². The van der Waals surface area contributed by atoms with Crippen molar-refractivity contribution in [3.8, 4) is 11.8 Å². The average Bonchev–Trinajstić information content (AvgIpc) is 3.36. The molecule has 1 aliphatic heterocycles. The van der Waals surface area contributed by atoms with Gasteiger partial charge in [-0.3, -0.25) is 14.9 Å². The van der Waals surface area contributed by atoms with Crippen LogP contribution < -0.4 is 10.5 Å². The van der Waals surface area contributed by atoms with Gasteiger partial charge in [0.1, 0.15) is 11.8 Å². The molecule has 0 unspecified atom stereocenters. The summed E-state index contributed by atoms with van der Waals surface area (Å²) >= 11 is 0. The summed E-state index contributed by atoms with van der Waals surface area (Å²) in [5.41, 5.74) is 6.12. The van der Waals surface area contributed by atoms with Crippen LogP contribution >= 0.6 is 0 Å². The lowest BCUT2D eigenvalue weighted by molar-refractivity contribution is -0.384. The SMILES string of the molecule is N#C[C@@H]1CCCN1C(=O)[C@@H](N)[C@@H]1C[C@@H]1COc1ccc([N+](=O)[O-])cc1.O=C(O)C(F)(F)F. The molecule has 1 amide bonds. The first-order valence-electron chi connectivity index (χ1n) is 9.58. The van der Waals surface area contributed by atoms with Gasteiger partial charge in [-0.05, 0) is 43.2 Å². The molecule has 2 fully saturated rings. The second kappa shape index (κ2) is 10.3. The van der Waals surface area contributed by atoms with Crippen LogP contribution in [0.3, 0.4) is 0 Å². The number of carbonyl (C=O) groups is 2. The van der Waals surface area contributed by atoms with Gasteiger partial charge < -0.3 is 20.5 Å². The van der Waals surface area contributed by atoms with Crippen LogP contribution in [0.1, 0.15) is 19.3 Å². The van der Waals surface area contributed by atoms with E-state index in [1.54, 1.807) is 17.0 Å². The van der Waals surface area contributed by atoms with Gasteiger partial charge in [-0.2, -0.15) is 18.4 Å². The van der Waals surface area contributed by atoms with Crippen molar-refractivity contribution in [2.24, 2.45) is 17.6 Å². The Morgan fingerprint density at radius 3 is 2.47 bits per heavy atom. The zero-order valence-corrected chi connectivity index (χ0v) is 16.7. The van der Waals surface area contributed by atoms with Crippen LogP contribution in [-0.4, -0.2) is 58.2 Å². The third-order valence-electron chi connectivity index (χ3n) is 5.16. The van der Waals surface area contributed by atoms with Crippen molar-refractivity contribution in [1.29, 1.82) is 5.26 Å². The number of nitriles is 1. The Morgan fingerprint density at radius 2 is 1.97 bits per heavy atom. The second-order valence-electron chi connectivity index (χ2n) is 7.37. The third kappa shape index (κ3) is 6.55. The quantitative estimate of drug-likeness (QED) is 0.484. The first-order chi connectivity index (χ1) is 15.0. The standard InChI is InChI=1S/C17H20N4O4.C2HF3O2/c18-9-13-2-1-7-20(13)17(22)16(19)15-8-11(15)10-25-14-5-3-12(4-6-14)21(23)24;3-2(4,5)1(6)7/h3-6,11,13,15-16H,1-2,7-8,10,19H2;(H,6,7)/t11-,13+,15-,16+;/m1./s1. The van der Waals surface area contributed by atoms with E-state index < -0.39 is 23.1 Å². The van der Waals surface area contributed by atoms with Crippen LogP contribution in [0, 0.1) is 33.3 Å². The molecule has 1 aliphatic carbocycles. The molecule has 0 bridgehead atoms. The number of nitrogens with zero attached hydrogens (tertiary/aromatic N) is 3. The molecule has 10 nitrogen and oxygen atoms in total. The van der Waals surface area contributed by atoms with Crippen molar-refractivity contribution >= 4 is 17.6 Å². The highest BCUT2D eigenvalue weighted by molar-refractivity contribution is 5.83. The predicted octanol–water partition coefficient (Wildman–Crippen LogP) is 2.08. The molecule has 1 aromatic rings. The molecule has 4 atom stereocenters. The lowest BCUT2D eigenvalue weighted by Gasteiger charge is -2.23. The molecule has 13 heteroatoms. The maximum Gasteiger partial charge on any atom is 0.490 e. The Kier molecular flexibility index (Phi) is 7.98. The number of halogens is 3. The molecule has 0 spiro atoms. The Labute approximate surface area is 180 Å². The fourth-order valence-corrected chi connectivity index (χ4v) is 3.31. The van der Waals surface area contributed by atoms with E-state index in [-0.39, 0.29) is 29.5 Å². The molecule has 174 valence electrons. The molecular weight excluding hydrogens is 437 g/mol. The number of rotatable bonds is 6. The van der Waals surface area contributed by atoms with Crippen LogP contribution in [0.25, 0.3) is 0 Å². The van der Waals surface area contributed by atoms with E-state index in [1.165, 1.54) is 12.1 Å². The lowest BCUT2D eigenvalue weighted by Crippen LogP contribution is -2.47. The summed E-state index contributed by atoms with van der Waals surface area (Å²) in [6.07, 6.45) is -2.72. The minimum atomic E-state index is -5.08. The van der Waals surface area contributed by atoms with Gasteiger partial charge in [-0.1, -0.05) is 0 Å². The molecule has 3 N–H and O–H groups in total. The van der Waals surface area contributed by atoms with E-state index in [0.29, 0.717) is 25.3 Å². The van der Waals surface area contributed by atoms with Crippen molar-refractivity contribution in [1.82, 2.24) is 4.90 Å². The topological polar surface area (TPSA) is 160 Å². The Balaban J connectivity index is 0.000000451. The summed E-state index contributed by atoms with van der Waals surface area (Å²) in [6.45, 7) is 1.02. The molecule has 1 saturated carbocycles. The number of benzene rings is 1. The van der Waals surface area contributed by atoms with E-state index in [0.717, 1.165) is 12.8 Å². The smallest absolute Gasteiger partial charge is 0.490 e. The highest BCUT2D eigenvalue weighted by Crippen LogP contribution is 2.41. The summed E-state index contributed by atoms with van der Waals surface area (Å²) in [5, 5.41) is 26.8. The van der Waals surface area contributed by atoms with E-state index in [1.807, 2.05) is 0 Å². The second-order valence-corrected chi connectivity index (χ2v) is 7.37. The summed E-state index contributed by atoms with van der Waals surface area (Å²) in [5.74, 6) is -2.10. The van der Waals surface area contributed by atoms with E-state index >= 15 is 0 Å². The van der Waals surface area contributed by atoms with Crippen molar-refractivity contribution < 1.29 is 37.5 Å². The van der Waals surface area contributed by atoms with E-state index in [2.05, 4.69) is 6.07 Å². The number of carbonyl (C=O) groups excluding carboxylic acids is 1. The van der Waals surface area contributed by atoms with Gasteiger partial charge in [0.05, 0.1) is 23.6 Å². The molecular formula is C19H21F3N4O6. The first-order valence-corrected chi connectivity index (χ1v) is 9.58. The number of carboxylic acid groups (broad SMARTS) is 1. The summed E-state index contributed by atoms with van der Waals surface area (Å²) in [4.78, 5) is 33.1. The fraction of sp³-hybridized carbons (Fsp3) is 0.526. The molecule has 1 heterocycles. The summed E-state index contributed by atoms with van der Waals surface area (Å²) < 4.78 is 37.4. The number of ether oxygens (including phenoxy) is 1. The minimum absolute atomic E-state index is 0.0157. The molecule has 32 heavy (non-hydrogen) atoms. The normalized spacial score (nSPS) is 22.7. The number of aliphatic carboxylic acids is 1. The van der Waals surface area contributed by atoms with Crippen LogP contribution in [-0.2, 0) is 9.59 Å². The van der Waals surface area contributed by atoms with Gasteiger partial charge in [-0.25, -0.2) is 4.79 Å². The number of non-ortho nitro benzene ring substituents is 1. The van der Waals surface area contributed by atoms with Crippen LogP contribution in [0.4, 0.5) is 18.9 Å². The van der Waals surface area contributed by atoms with Gasteiger partial charge in [0.25, 0.3) is 5.69 Å². The lowest BCUT2D eigenvalue weighted by atomic mass is 10.1. The zero-order valence-electron chi connectivity index (χ0n) is 16.7. The number of nitro benzene ring substituents is 1. The number of amides is 1. The van der Waals surface area contributed by atoms with Gasteiger partial charge >= 0.3 is 12.1 Å². The maximum atomic E-state index is 12.5. The first kappa shape index (κ1) is 24.9. The number of nitro groups is 1. The van der Waals surface area contributed by atoms with E-state index in [4.69, 9.17) is 25.6 Å². The molecule has 1 saturated heterocycles. The highest BCUT2D eigenvalue weighted by Gasteiger charge is 2.47. The Bertz CT molecular complexity index is 887. The molecule has 0 radical (unpaired) electrons. The van der Waals surface area contributed by atoms with Crippen LogP contribution in [0.5, 0.6) is 5.75 Å². The van der Waals surface area contributed by atoms with Gasteiger partial charge in [-0.15, -0.1) is 0 Å². The number of carboxylic acids is 1. The summed E-state index contributed by atoms with van der Waals surface area (Å²) in [6, 6.07) is 7.11. The Morgan fingerprint density at radius 1 is 1.38 bits per heavy atom. The average molecular weight is 458 g/mol. The number of nitrogens with two attached hydrogens (primary N) is 1.